The summed E-state index contributed by atoms with van der Waals surface area (Å²) in [6, 6.07) is 11.1. The van der Waals surface area contributed by atoms with Gasteiger partial charge < -0.3 is 19.3 Å². The lowest BCUT2D eigenvalue weighted by molar-refractivity contribution is 0.0747. The third-order valence-electron chi connectivity index (χ3n) is 4.45. The number of ether oxygens (including phenoxy) is 2. The Kier molecular flexibility index (Phi) is 5.79. The number of carbonyl (C=O) groups is 1. The van der Waals surface area contributed by atoms with Crippen molar-refractivity contribution in [1.82, 2.24) is 4.90 Å². The smallest absolute Gasteiger partial charge is 0.254 e. The van der Waals surface area contributed by atoms with Gasteiger partial charge in [-0.05, 0) is 36.4 Å². The Morgan fingerprint density at radius 1 is 0.923 bits per heavy atom. The summed E-state index contributed by atoms with van der Waals surface area (Å²) in [6.45, 7) is 2.78. The molecule has 1 saturated heterocycles. The van der Waals surface area contributed by atoms with Crippen LogP contribution in [0, 0.1) is 0 Å². The van der Waals surface area contributed by atoms with Gasteiger partial charge >= 0.3 is 0 Å². The Labute approximate surface area is 163 Å². The second kappa shape index (κ2) is 8.06. The molecule has 1 aliphatic rings. The molecule has 5 nitrogen and oxygen atoms in total. The highest BCUT2D eigenvalue weighted by molar-refractivity contribution is 6.37. The number of nitrogens with zero attached hydrogens (tertiary/aromatic N) is 2. The molecule has 0 N–H and O–H groups in total. The van der Waals surface area contributed by atoms with Gasteiger partial charge in [-0.15, -0.1) is 0 Å². The van der Waals surface area contributed by atoms with Gasteiger partial charge in [0.05, 0.1) is 24.3 Å². The molecule has 0 bridgehead atoms. The third kappa shape index (κ3) is 3.84. The number of methoxy groups -OCH3 is 2. The van der Waals surface area contributed by atoms with Crippen LogP contribution in [-0.4, -0.2) is 51.2 Å². The molecular weight excluding hydrogens is 375 g/mol. The quantitative estimate of drug-likeness (QED) is 0.786. The van der Waals surface area contributed by atoms with Crippen LogP contribution in [0.4, 0.5) is 5.69 Å². The van der Waals surface area contributed by atoms with Crippen molar-refractivity contribution in [1.29, 1.82) is 0 Å². The molecule has 0 aliphatic carbocycles. The first kappa shape index (κ1) is 18.7. The molecular formula is C19H20Cl2N2O3. The molecule has 1 amide bonds. The first-order valence-electron chi connectivity index (χ1n) is 8.25. The van der Waals surface area contributed by atoms with Crippen LogP contribution in [0.15, 0.2) is 36.4 Å². The van der Waals surface area contributed by atoms with Crippen LogP contribution >= 0.6 is 23.2 Å². The van der Waals surface area contributed by atoms with Crippen LogP contribution in [0.1, 0.15) is 10.4 Å². The Morgan fingerprint density at radius 2 is 1.50 bits per heavy atom. The molecule has 0 unspecified atom stereocenters. The van der Waals surface area contributed by atoms with E-state index in [1.807, 2.05) is 29.2 Å². The van der Waals surface area contributed by atoms with Gasteiger partial charge in [0.1, 0.15) is 5.75 Å². The predicted molar refractivity (Wildman–Crippen MR) is 104 cm³/mol. The summed E-state index contributed by atoms with van der Waals surface area (Å²) >= 11 is 12.3. The molecule has 1 heterocycles. The SMILES string of the molecule is COc1ccc(N2CCN(C(=O)c3cc(Cl)c(OC)c(Cl)c3)CC2)cc1. The molecule has 0 atom stereocenters. The Bertz CT molecular complexity index is 765. The third-order valence-corrected chi connectivity index (χ3v) is 5.02. The van der Waals surface area contributed by atoms with E-state index >= 15 is 0 Å². The fourth-order valence-corrected chi connectivity index (χ4v) is 3.66. The lowest BCUT2D eigenvalue weighted by Gasteiger charge is -2.36. The Morgan fingerprint density at radius 3 is 2.00 bits per heavy atom. The van der Waals surface area contributed by atoms with Gasteiger partial charge in [-0.1, -0.05) is 23.2 Å². The number of amides is 1. The average molecular weight is 395 g/mol. The van der Waals surface area contributed by atoms with Crippen molar-refractivity contribution in [3.8, 4) is 11.5 Å². The van der Waals surface area contributed by atoms with E-state index in [1.165, 1.54) is 7.11 Å². The number of halogens is 2. The molecule has 7 heteroatoms. The number of benzene rings is 2. The minimum atomic E-state index is -0.0779. The zero-order valence-electron chi connectivity index (χ0n) is 14.7. The Hall–Kier alpha value is -2.11. The van der Waals surface area contributed by atoms with E-state index in [-0.39, 0.29) is 5.91 Å². The van der Waals surface area contributed by atoms with Crippen LogP contribution in [-0.2, 0) is 0 Å². The molecule has 3 rings (SSSR count). The highest BCUT2D eigenvalue weighted by Gasteiger charge is 2.24. The zero-order chi connectivity index (χ0) is 18.7. The molecule has 1 aliphatic heterocycles. The minimum Gasteiger partial charge on any atom is -0.497 e. The first-order chi connectivity index (χ1) is 12.5. The van der Waals surface area contributed by atoms with Gasteiger partial charge in [0, 0.05) is 37.4 Å². The highest BCUT2D eigenvalue weighted by atomic mass is 35.5. The van der Waals surface area contributed by atoms with Crippen LogP contribution in [0.25, 0.3) is 0 Å². The summed E-state index contributed by atoms with van der Waals surface area (Å²) in [5.74, 6) is 1.14. The number of hydrogen-bond donors (Lipinski definition) is 0. The summed E-state index contributed by atoms with van der Waals surface area (Å²) in [6.07, 6.45) is 0. The standard InChI is InChI=1S/C19H20Cl2N2O3/c1-25-15-5-3-14(4-6-15)22-7-9-23(10-8-22)19(24)13-11-16(20)18(26-2)17(21)12-13/h3-6,11-12H,7-10H2,1-2H3. The maximum Gasteiger partial charge on any atom is 0.254 e. The largest absolute Gasteiger partial charge is 0.497 e. The molecule has 0 saturated carbocycles. The number of anilines is 1. The molecule has 2 aromatic rings. The minimum absolute atomic E-state index is 0.0779. The van der Waals surface area contributed by atoms with E-state index in [0.717, 1.165) is 24.5 Å². The van der Waals surface area contributed by atoms with Gasteiger partial charge in [0.2, 0.25) is 0 Å². The van der Waals surface area contributed by atoms with Crippen LogP contribution in [0.3, 0.4) is 0 Å². The highest BCUT2D eigenvalue weighted by Crippen LogP contribution is 2.34. The van der Waals surface area contributed by atoms with Crippen molar-refractivity contribution in [2.24, 2.45) is 0 Å². The molecule has 0 aromatic heterocycles. The van der Waals surface area contributed by atoms with Gasteiger partial charge in [0.15, 0.2) is 5.75 Å². The van der Waals surface area contributed by atoms with Crippen molar-refractivity contribution < 1.29 is 14.3 Å². The van der Waals surface area contributed by atoms with E-state index in [2.05, 4.69) is 4.90 Å². The fourth-order valence-electron chi connectivity index (χ4n) is 3.02. The maximum absolute atomic E-state index is 12.8. The van der Waals surface area contributed by atoms with Crippen molar-refractivity contribution >= 4 is 34.8 Å². The average Bonchev–Trinajstić information content (AvgIpc) is 2.67. The molecule has 138 valence electrons. The molecule has 1 fully saturated rings. The number of rotatable bonds is 4. The van der Waals surface area contributed by atoms with Crippen LogP contribution in [0.5, 0.6) is 11.5 Å². The van der Waals surface area contributed by atoms with Gasteiger partial charge in [-0.25, -0.2) is 0 Å². The second-order valence-electron chi connectivity index (χ2n) is 5.95. The van der Waals surface area contributed by atoms with Crippen molar-refractivity contribution in [3.63, 3.8) is 0 Å². The lowest BCUT2D eigenvalue weighted by Crippen LogP contribution is -2.48. The van der Waals surface area contributed by atoms with Crippen LogP contribution in [0.2, 0.25) is 10.0 Å². The fraction of sp³-hybridized carbons (Fsp3) is 0.316. The van der Waals surface area contributed by atoms with Gasteiger partial charge in [-0.2, -0.15) is 0 Å². The maximum atomic E-state index is 12.8. The molecule has 26 heavy (non-hydrogen) atoms. The van der Waals surface area contributed by atoms with Crippen molar-refractivity contribution in [2.75, 3.05) is 45.3 Å². The zero-order valence-corrected chi connectivity index (χ0v) is 16.2. The number of piperazine rings is 1. The summed E-state index contributed by atoms with van der Waals surface area (Å²) < 4.78 is 10.3. The lowest BCUT2D eigenvalue weighted by atomic mass is 10.1. The predicted octanol–water partition coefficient (Wildman–Crippen LogP) is 3.97. The molecule has 2 aromatic carbocycles. The normalized spacial score (nSPS) is 14.3. The summed E-state index contributed by atoms with van der Waals surface area (Å²) in [5, 5.41) is 0.667. The van der Waals surface area contributed by atoms with Crippen molar-refractivity contribution in [2.45, 2.75) is 0 Å². The van der Waals surface area contributed by atoms with E-state index in [4.69, 9.17) is 32.7 Å². The molecule has 0 radical (unpaired) electrons. The monoisotopic (exact) mass is 394 g/mol. The Balaban J connectivity index is 1.66. The van der Waals surface area contributed by atoms with Gasteiger partial charge in [0.25, 0.3) is 5.91 Å². The number of carbonyl (C=O) groups excluding carboxylic acids is 1. The van der Waals surface area contributed by atoms with Crippen molar-refractivity contribution in [3.05, 3.63) is 52.0 Å². The van der Waals surface area contributed by atoms with Crippen LogP contribution < -0.4 is 14.4 Å². The number of hydrogen-bond acceptors (Lipinski definition) is 4. The van der Waals surface area contributed by atoms with E-state index in [1.54, 1.807) is 19.2 Å². The second-order valence-corrected chi connectivity index (χ2v) is 6.76. The molecule has 0 spiro atoms. The summed E-state index contributed by atoms with van der Waals surface area (Å²) in [5.41, 5.74) is 1.59. The van der Waals surface area contributed by atoms with E-state index in [0.29, 0.717) is 34.4 Å². The summed E-state index contributed by atoms with van der Waals surface area (Å²) in [7, 11) is 3.14. The topological polar surface area (TPSA) is 42.0 Å². The van der Waals surface area contributed by atoms with E-state index in [9.17, 15) is 4.79 Å². The van der Waals surface area contributed by atoms with Gasteiger partial charge in [-0.3, -0.25) is 4.79 Å². The summed E-state index contributed by atoms with van der Waals surface area (Å²) in [4.78, 5) is 16.8. The van der Waals surface area contributed by atoms with E-state index < -0.39 is 0 Å². The first-order valence-corrected chi connectivity index (χ1v) is 9.00.